The zero-order valence-corrected chi connectivity index (χ0v) is 15.4. The first-order valence-electron chi connectivity index (χ1n) is 10.1. The van der Waals surface area contributed by atoms with Gasteiger partial charge >= 0.3 is 0 Å². The summed E-state index contributed by atoms with van der Waals surface area (Å²) in [5, 5.41) is 21.4. The maximum Gasteiger partial charge on any atom is 0.190 e. The molecule has 5 aliphatic heterocycles. The molecule has 7 rings (SSSR count). The van der Waals surface area contributed by atoms with Crippen LogP contribution in [0.4, 0.5) is 0 Å². The fourth-order valence-electron chi connectivity index (χ4n) is 5.28. The monoisotopic (exact) mass is 406 g/mol. The molecular formula is C20H22O9. The smallest absolute Gasteiger partial charge is 0.190 e. The molecule has 29 heavy (non-hydrogen) atoms. The van der Waals surface area contributed by atoms with Crippen molar-refractivity contribution < 1.29 is 43.4 Å². The molecule has 0 aromatic heterocycles. The number of fused-ring (bicyclic) bond motifs is 4. The Kier molecular flexibility index (Phi) is 3.61. The van der Waals surface area contributed by atoms with Crippen molar-refractivity contribution >= 4 is 0 Å². The van der Waals surface area contributed by atoms with Gasteiger partial charge in [0.25, 0.3) is 0 Å². The highest BCUT2D eigenvalue weighted by Gasteiger charge is 2.92. The Labute approximate surface area is 166 Å². The molecule has 1 aromatic carbocycles. The van der Waals surface area contributed by atoms with E-state index in [0.29, 0.717) is 6.61 Å². The zero-order valence-electron chi connectivity index (χ0n) is 15.4. The van der Waals surface area contributed by atoms with Gasteiger partial charge in [-0.3, -0.25) is 0 Å². The summed E-state index contributed by atoms with van der Waals surface area (Å²) in [7, 11) is 0. The molecule has 0 radical (unpaired) electrons. The van der Waals surface area contributed by atoms with Gasteiger partial charge < -0.3 is 43.4 Å². The highest BCUT2D eigenvalue weighted by Crippen LogP contribution is 2.73. The molecule has 8 unspecified atom stereocenters. The van der Waals surface area contributed by atoms with Crippen LogP contribution in [0.1, 0.15) is 11.9 Å². The molecule has 1 saturated carbocycles. The number of benzene rings is 1. The Morgan fingerprint density at radius 3 is 2.59 bits per heavy atom. The highest BCUT2D eigenvalue weighted by atomic mass is 16.8. The number of aliphatic hydroxyl groups is 2. The standard InChI is InChI=1S/C20H22O9/c21-12-13(22)18(27-14-9-7-24-19(26-9)20-11(14)16(20)29-20)25-10-6-23-17(28-15(10)12)8-4-2-1-3-5-8/h1-5,9-19,21-22H,6-7H2/t9?,10?,11?,12?,13?,14-,15-,16?,17?,18+,19-,20?/m1/s1. The topological polar surface area (TPSA) is 108 Å². The number of epoxide rings is 1. The quantitative estimate of drug-likeness (QED) is 0.640. The summed E-state index contributed by atoms with van der Waals surface area (Å²) < 4.78 is 40.9. The van der Waals surface area contributed by atoms with Gasteiger partial charge in [-0.1, -0.05) is 30.3 Å². The minimum atomic E-state index is -1.25. The van der Waals surface area contributed by atoms with Gasteiger partial charge in [-0.15, -0.1) is 0 Å². The van der Waals surface area contributed by atoms with Crippen LogP contribution in [-0.4, -0.2) is 84.3 Å². The zero-order chi connectivity index (χ0) is 19.3. The predicted octanol–water partition coefficient (Wildman–Crippen LogP) is -0.545. The molecule has 156 valence electrons. The predicted molar refractivity (Wildman–Crippen MR) is 91.3 cm³/mol. The van der Waals surface area contributed by atoms with Crippen molar-refractivity contribution in [2.75, 3.05) is 13.2 Å². The normalized spacial score (nSPS) is 56.8. The van der Waals surface area contributed by atoms with E-state index in [-0.39, 0.29) is 42.7 Å². The minimum absolute atomic E-state index is 0.0918. The van der Waals surface area contributed by atoms with Crippen LogP contribution in [0.2, 0.25) is 0 Å². The summed E-state index contributed by atoms with van der Waals surface area (Å²) in [4.78, 5) is 0. The van der Waals surface area contributed by atoms with E-state index in [9.17, 15) is 10.2 Å². The number of rotatable bonds is 3. The van der Waals surface area contributed by atoms with Crippen molar-refractivity contribution in [2.45, 2.75) is 67.2 Å². The summed E-state index contributed by atoms with van der Waals surface area (Å²) in [6.07, 6.45) is -6.05. The molecule has 6 fully saturated rings. The lowest BCUT2D eigenvalue weighted by Gasteiger charge is -2.47. The first-order chi connectivity index (χ1) is 14.2. The second kappa shape index (κ2) is 5.97. The second-order valence-corrected chi connectivity index (χ2v) is 8.56. The number of hydrogen-bond acceptors (Lipinski definition) is 9. The fraction of sp³-hybridized carbons (Fsp3) is 0.700. The summed E-state index contributed by atoms with van der Waals surface area (Å²) >= 11 is 0. The van der Waals surface area contributed by atoms with Gasteiger partial charge in [0, 0.05) is 5.56 Å². The maximum atomic E-state index is 10.7. The van der Waals surface area contributed by atoms with Crippen LogP contribution in [0, 0.1) is 5.92 Å². The van der Waals surface area contributed by atoms with E-state index in [4.69, 9.17) is 33.2 Å². The van der Waals surface area contributed by atoms with Crippen LogP contribution in [0.3, 0.4) is 0 Å². The van der Waals surface area contributed by atoms with E-state index in [1.54, 1.807) is 0 Å². The Bertz CT molecular complexity index is 804. The van der Waals surface area contributed by atoms with Gasteiger partial charge in [-0.25, -0.2) is 0 Å². The van der Waals surface area contributed by atoms with Gasteiger partial charge in [0.15, 0.2) is 24.5 Å². The molecule has 5 saturated heterocycles. The summed E-state index contributed by atoms with van der Waals surface area (Å²) in [6, 6.07) is 9.47. The molecule has 1 aliphatic carbocycles. The first-order valence-corrected chi connectivity index (χ1v) is 10.1. The maximum absolute atomic E-state index is 10.7. The van der Waals surface area contributed by atoms with Crippen LogP contribution >= 0.6 is 0 Å². The van der Waals surface area contributed by atoms with Crippen LogP contribution < -0.4 is 0 Å². The molecule has 1 spiro atoms. The highest BCUT2D eigenvalue weighted by molar-refractivity contribution is 5.35. The van der Waals surface area contributed by atoms with E-state index in [1.165, 1.54) is 0 Å². The second-order valence-electron chi connectivity index (χ2n) is 8.56. The SMILES string of the molecule is OC1C(O)[C@@H]2OC(c3ccccc3)OCC2O[C@H]1O[C@@H]1C2CO[C@H](O2)C23OC2C13. The van der Waals surface area contributed by atoms with E-state index < -0.39 is 37.0 Å². The molecule has 6 aliphatic rings. The number of hydrogen-bond donors (Lipinski definition) is 2. The number of ether oxygens (including phenoxy) is 7. The van der Waals surface area contributed by atoms with E-state index in [1.807, 2.05) is 30.3 Å². The van der Waals surface area contributed by atoms with Crippen molar-refractivity contribution in [2.24, 2.45) is 5.92 Å². The van der Waals surface area contributed by atoms with Crippen molar-refractivity contribution in [1.29, 1.82) is 0 Å². The lowest BCUT2D eigenvalue weighted by atomic mass is 9.97. The molecule has 9 nitrogen and oxygen atoms in total. The average molecular weight is 406 g/mol. The molecule has 5 heterocycles. The van der Waals surface area contributed by atoms with Crippen LogP contribution in [-0.2, 0) is 33.2 Å². The summed E-state index contributed by atoms with van der Waals surface area (Å²) in [6.45, 7) is 0.648. The van der Waals surface area contributed by atoms with Gasteiger partial charge in [0.05, 0.1) is 25.2 Å². The van der Waals surface area contributed by atoms with Gasteiger partial charge in [-0.05, 0) is 0 Å². The van der Waals surface area contributed by atoms with Gasteiger partial charge in [0.2, 0.25) is 0 Å². The van der Waals surface area contributed by atoms with Crippen LogP contribution in [0.25, 0.3) is 0 Å². The molecular weight excluding hydrogens is 384 g/mol. The van der Waals surface area contributed by atoms with Gasteiger partial charge in [-0.2, -0.15) is 0 Å². The Balaban J connectivity index is 1.06. The number of aliphatic hydroxyl groups excluding tert-OH is 2. The third kappa shape index (κ3) is 2.36. The lowest BCUT2D eigenvalue weighted by Crippen LogP contribution is -2.63. The van der Waals surface area contributed by atoms with Crippen molar-refractivity contribution in [3.05, 3.63) is 35.9 Å². The van der Waals surface area contributed by atoms with Crippen molar-refractivity contribution in [3.8, 4) is 0 Å². The van der Waals surface area contributed by atoms with Crippen molar-refractivity contribution in [1.82, 2.24) is 0 Å². The van der Waals surface area contributed by atoms with E-state index in [0.717, 1.165) is 5.56 Å². The molecule has 2 N–H and O–H groups in total. The molecule has 9 heteroatoms. The fourth-order valence-corrected chi connectivity index (χ4v) is 5.28. The average Bonchev–Trinajstić information content (AvgIpc) is 3.57. The Hall–Kier alpha value is -1.14. The molecule has 1 aromatic rings. The van der Waals surface area contributed by atoms with E-state index >= 15 is 0 Å². The third-order valence-electron chi connectivity index (χ3n) is 6.95. The van der Waals surface area contributed by atoms with E-state index in [2.05, 4.69) is 0 Å². The lowest BCUT2D eigenvalue weighted by molar-refractivity contribution is -0.373. The first kappa shape index (κ1) is 17.5. The van der Waals surface area contributed by atoms with Crippen LogP contribution in [0.5, 0.6) is 0 Å². The van der Waals surface area contributed by atoms with Crippen LogP contribution in [0.15, 0.2) is 30.3 Å². The summed E-state index contributed by atoms with van der Waals surface area (Å²) in [5.74, 6) is 0.181. The van der Waals surface area contributed by atoms with Gasteiger partial charge in [0.1, 0.15) is 36.6 Å². The molecule has 0 amide bonds. The third-order valence-corrected chi connectivity index (χ3v) is 6.95. The van der Waals surface area contributed by atoms with Crippen molar-refractivity contribution in [3.63, 3.8) is 0 Å². The molecule has 12 atom stereocenters. The Morgan fingerprint density at radius 1 is 0.931 bits per heavy atom. The Morgan fingerprint density at radius 2 is 1.76 bits per heavy atom. The summed E-state index contributed by atoms with van der Waals surface area (Å²) in [5.41, 5.74) is 0.470. The largest absolute Gasteiger partial charge is 0.387 e. The minimum Gasteiger partial charge on any atom is -0.387 e. The molecule has 2 bridgehead atoms.